The Morgan fingerprint density at radius 3 is 2.85 bits per heavy atom. The molecule has 0 unspecified atom stereocenters. The molecule has 2 rings (SSSR count). The van der Waals surface area contributed by atoms with Crippen LogP contribution in [0, 0.1) is 0 Å². The summed E-state index contributed by atoms with van der Waals surface area (Å²) in [7, 11) is 0. The van der Waals surface area contributed by atoms with Crippen molar-refractivity contribution in [1.82, 2.24) is 10.6 Å². The third kappa shape index (κ3) is 3.57. The minimum Gasteiger partial charge on any atom is -0.352 e. The molecule has 1 aliphatic rings. The van der Waals surface area contributed by atoms with Crippen LogP contribution in [0.5, 0.6) is 0 Å². The lowest BCUT2D eigenvalue weighted by atomic mass is 10.1. The zero-order valence-electron chi connectivity index (χ0n) is 11.7. The highest BCUT2D eigenvalue weighted by Gasteiger charge is 2.23. The fourth-order valence-electron chi connectivity index (χ4n) is 2.25. The van der Waals surface area contributed by atoms with Crippen LogP contribution in [0.4, 0.5) is 5.69 Å². The maximum absolute atomic E-state index is 12.1. The lowest BCUT2D eigenvalue weighted by Crippen LogP contribution is -2.36. The molecule has 1 saturated heterocycles. The lowest BCUT2D eigenvalue weighted by molar-refractivity contribution is -0.117. The SMILES string of the molecule is CCCNC(=O)c1ccccc1NC(=O)[C@H]1CCCN1. The van der Waals surface area contributed by atoms with Crippen LogP contribution in [-0.4, -0.2) is 30.9 Å². The molecule has 1 fully saturated rings. The molecule has 108 valence electrons. The smallest absolute Gasteiger partial charge is 0.253 e. The van der Waals surface area contributed by atoms with Crippen molar-refractivity contribution in [2.75, 3.05) is 18.4 Å². The molecule has 0 aliphatic carbocycles. The van der Waals surface area contributed by atoms with Crippen LogP contribution in [-0.2, 0) is 4.79 Å². The van der Waals surface area contributed by atoms with Crippen molar-refractivity contribution in [3.05, 3.63) is 29.8 Å². The number of nitrogens with one attached hydrogen (secondary N) is 3. The van der Waals surface area contributed by atoms with Gasteiger partial charge in [0.15, 0.2) is 0 Å². The average Bonchev–Trinajstić information content (AvgIpc) is 2.99. The molecule has 1 heterocycles. The van der Waals surface area contributed by atoms with E-state index in [1.165, 1.54) is 0 Å². The van der Waals surface area contributed by atoms with Crippen molar-refractivity contribution in [3.63, 3.8) is 0 Å². The fraction of sp³-hybridized carbons (Fsp3) is 0.467. The number of benzene rings is 1. The summed E-state index contributed by atoms with van der Waals surface area (Å²) in [6.07, 6.45) is 2.74. The number of hydrogen-bond acceptors (Lipinski definition) is 3. The zero-order chi connectivity index (χ0) is 14.4. The minimum absolute atomic E-state index is 0.0711. The first-order valence-corrected chi connectivity index (χ1v) is 7.14. The second kappa shape index (κ2) is 7.05. The standard InChI is InChI=1S/C15H21N3O2/c1-2-9-17-14(19)11-6-3-4-7-12(11)18-15(20)13-8-5-10-16-13/h3-4,6-7,13,16H,2,5,8-10H2,1H3,(H,17,19)(H,18,20)/t13-/m1/s1. The topological polar surface area (TPSA) is 70.2 Å². The largest absolute Gasteiger partial charge is 0.352 e. The van der Waals surface area contributed by atoms with E-state index in [9.17, 15) is 9.59 Å². The van der Waals surface area contributed by atoms with Crippen LogP contribution in [0.25, 0.3) is 0 Å². The van der Waals surface area contributed by atoms with Gasteiger partial charge in [0.25, 0.3) is 5.91 Å². The van der Waals surface area contributed by atoms with Crippen LogP contribution >= 0.6 is 0 Å². The number of carbonyl (C=O) groups is 2. The molecule has 0 bridgehead atoms. The molecule has 0 saturated carbocycles. The lowest BCUT2D eigenvalue weighted by Gasteiger charge is -2.14. The van der Waals surface area contributed by atoms with Crippen LogP contribution in [0.1, 0.15) is 36.5 Å². The monoisotopic (exact) mass is 275 g/mol. The summed E-state index contributed by atoms with van der Waals surface area (Å²) in [6.45, 7) is 3.50. The first-order valence-electron chi connectivity index (χ1n) is 7.14. The third-order valence-corrected chi connectivity index (χ3v) is 3.34. The molecule has 0 spiro atoms. The maximum atomic E-state index is 12.1. The summed E-state index contributed by atoms with van der Waals surface area (Å²) in [6, 6.07) is 6.94. The van der Waals surface area contributed by atoms with Crippen molar-refractivity contribution in [1.29, 1.82) is 0 Å². The molecule has 3 N–H and O–H groups in total. The van der Waals surface area contributed by atoms with E-state index in [0.29, 0.717) is 17.8 Å². The molecular weight excluding hydrogens is 254 g/mol. The molecule has 1 atom stereocenters. The predicted molar refractivity (Wildman–Crippen MR) is 78.7 cm³/mol. The Morgan fingerprint density at radius 2 is 2.15 bits per heavy atom. The number of anilines is 1. The van der Waals surface area contributed by atoms with Gasteiger partial charge >= 0.3 is 0 Å². The predicted octanol–water partition coefficient (Wildman–Crippen LogP) is 1.52. The van der Waals surface area contributed by atoms with Gasteiger partial charge in [-0.1, -0.05) is 19.1 Å². The first-order chi connectivity index (χ1) is 9.72. The van der Waals surface area contributed by atoms with Gasteiger partial charge in [0.2, 0.25) is 5.91 Å². The van der Waals surface area contributed by atoms with E-state index in [1.807, 2.05) is 13.0 Å². The Balaban J connectivity index is 2.07. The van der Waals surface area contributed by atoms with Crippen molar-refractivity contribution >= 4 is 17.5 Å². The van der Waals surface area contributed by atoms with Crippen LogP contribution in [0.15, 0.2) is 24.3 Å². The Hall–Kier alpha value is -1.88. The number of para-hydroxylation sites is 1. The Kier molecular flexibility index (Phi) is 5.12. The molecule has 0 radical (unpaired) electrons. The zero-order valence-corrected chi connectivity index (χ0v) is 11.7. The molecule has 0 aromatic heterocycles. The maximum Gasteiger partial charge on any atom is 0.253 e. The van der Waals surface area contributed by atoms with Gasteiger partial charge < -0.3 is 16.0 Å². The molecule has 2 amide bonds. The Labute approximate surface area is 119 Å². The highest BCUT2D eigenvalue weighted by Crippen LogP contribution is 2.16. The van der Waals surface area contributed by atoms with Crippen LogP contribution in [0.2, 0.25) is 0 Å². The second-order valence-electron chi connectivity index (χ2n) is 4.94. The van der Waals surface area contributed by atoms with E-state index < -0.39 is 0 Å². The van der Waals surface area contributed by atoms with Gasteiger partial charge in [-0.2, -0.15) is 0 Å². The summed E-state index contributed by atoms with van der Waals surface area (Å²) in [4.78, 5) is 24.1. The molecule has 1 aliphatic heterocycles. The van der Waals surface area contributed by atoms with Crippen LogP contribution in [0.3, 0.4) is 0 Å². The highest BCUT2D eigenvalue weighted by molar-refractivity contribution is 6.04. The highest BCUT2D eigenvalue weighted by atomic mass is 16.2. The second-order valence-corrected chi connectivity index (χ2v) is 4.94. The van der Waals surface area contributed by atoms with E-state index in [-0.39, 0.29) is 17.9 Å². The quantitative estimate of drug-likeness (QED) is 0.763. The van der Waals surface area contributed by atoms with Gasteiger partial charge in [0, 0.05) is 6.54 Å². The van der Waals surface area contributed by atoms with Gasteiger partial charge in [0.1, 0.15) is 0 Å². The van der Waals surface area contributed by atoms with E-state index in [0.717, 1.165) is 25.8 Å². The van der Waals surface area contributed by atoms with E-state index in [4.69, 9.17) is 0 Å². The van der Waals surface area contributed by atoms with Gasteiger partial charge in [-0.05, 0) is 37.9 Å². The van der Waals surface area contributed by atoms with Gasteiger partial charge in [-0.15, -0.1) is 0 Å². The van der Waals surface area contributed by atoms with Crippen molar-refractivity contribution < 1.29 is 9.59 Å². The van der Waals surface area contributed by atoms with Crippen LogP contribution < -0.4 is 16.0 Å². The summed E-state index contributed by atoms with van der Waals surface area (Å²) >= 11 is 0. The fourth-order valence-corrected chi connectivity index (χ4v) is 2.25. The van der Waals surface area contributed by atoms with Gasteiger partial charge in [-0.25, -0.2) is 0 Å². The van der Waals surface area contributed by atoms with E-state index >= 15 is 0 Å². The molecule has 5 nitrogen and oxygen atoms in total. The number of carbonyl (C=O) groups excluding carboxylic acids is 2. The van der Waals surface area contributed by atoms with Crippen molar-refractivity contribution in [2.24, 2.45) is 0 Å². The summed E-state index contributed by atoms with van der Waals surface area (Å²) < 4.78 is 0. The Morgan fingerprint density at radius 1 is 1.35 bits per heavy atom. The van der Waals surface area contributed by atoms with E-state index in [2.05, 4.69) is 16.0 Å². The number of hydrogen-bond donors (Lipinski definition) is 3. The number of amides is 2. The van der Waals surface area contributed by atoms with E-state index in [1.54, 1.807) is 18.2 Å². The molecule has 1 aromatic rings. The van der Waals surface area contributed by atoms with Crippen molar-refractivity contribution in [3.8, 4) is 0 Å². The summed E-state index contributed by atoms with van der Waals surface area (Å²) in [5.74, 6) is -0.222. The number of rotatable bonds is 5. The summed E-state index contributed by atoms with van der Waals surface area (Å²) in [5, 5.41) is 8.82. The molecule has 1 aromatic carbocycles. The molecule has 20 heavy (non-hydrogen) atoms. The molecular formula is C15H21N3O2. The summed E-state index contributed by atoms with van der Waals surface area (Å²) in [5.41, 5.74) is 1.08. The Bertz CT molecular complexity index is 482. The first kappa shape index (κ1) is 14.5. The van der Waals surface area contributed by atoms with Crippen molar-refractivity contribution in [2.45, 2.75) is 32.2 Å². The normalized spacial score (nSPS) is 17.8. The minimum atomic E-state index is -0.151. The van der Waals surface area contributed by atoms with Gasteiger partial charge in [0.05, 0.1) is 17.3 Å². The third-order valence-electron chi connectivity index (χ3n) is 3.34. The van der Waals surface area contributed by atoms with Gasteiger partial charge in [-0.3, -0.25) is 9.59 Å². The average molecular weight is 275 g/mol. The molecule has 5 heteroatoms.